The molecule has 0 radical (unpaired) electrons. The van der Waals surface area contributed by atoms with Gasteiger partial charge in [-0.1, -0.05) is 45.7 Å². The Labute approximate surface area is 127 Å². The van der Waals surface area contributed by atoms with Gasteiger partial charge < -0.3 is 5.32 Å². The van der Waals surface area contributed by atoms with E-state index in [1.54, 1.807) is 0 Å². The Hall–Kier alpha value is -0.990. The van der Waals surface area contributed by atoms with Crippen molar-refractivity contribution < 1.29 is 0 Å². The summed E-state index contributed by atoms with van der Waals surface area (Å²) in [5.74, 6) is 0.736. The van der Waals surface area contributed by atoms with Crippen LogP contribution in [-0.2, 0) is 0 Å². The van der Waals surface area contributed by atoms with Gasteiger partial charge in [-0.2, -0.15) is 0 Å². The van der Waals surface area contributed by atoms with E-state index in [1.807, 2.05) is 18.2 Å². The van der Waals surface area contributed by atoms with Gasteiger partial charge in [-0.3, -0.25) is 0 Å². The lowest BCUT2D eigenvalue weighted by molar-refractivity contribution is 0.679. The molecule has 1 nitrogen and oxygen atoms in total. The van der Waals surface area contributed by atoms with Crippen molar-refractivity contribution in [3.63, 3.8) is 0 Å². The van der Waals surface area contributed by atoms with Gasteiger partial charge >= 0.3 is 0 Å². The second-order valence-electron chi connectivity index (χ2n) is 5.02. The summed E-state index contributed by atoms with van der Waals surface area (Å²) in [5, 5.41) is 4.44. The maximum absolute atomic E-state index is 5.97. The van der Waals surface area contributed by atoms with Crippen molar-refractivity contribution in [1.29, 1.82) is 0 Å². The normalized spacial score (nSPS) is 16.1. The molecule has 3 rings (SSSR count). The van der Waals surface area contributed by atoms with Crippen molar-refractivity contribution in [2.45, 2.75) is 18.9 Å². The highest BCUT2D eigenvalue weighted by Crippen LogP contribution is 2.43. The lowest BCUT2D eigenvalue weighted by Crippen LogP contribution is -2.12. The third-order valence-corrected chi connectivity index (χ3v) is 4.21. The van der Waals surface area contributed by atoms with Crippen molar-refractivity contribution in [1.82, 2.24) is 0 Å². The molecule has 1 unspecified atom stereocenters. The Morgan fingerprint density at radius 2 is 1.84 bits per heavy atom. The molecule has 1 N–H and O–H groups in total. The van der Waals surface area contributed by atoms with Crippen molar-refractivity contribution in [2.24, 2.45) is 5.92 Å². The Balaban J connectivity index is 1.83. The van der Waals surface area contributed by atoms with E-state index in [4.69, 9.17) is 11.6 Å². The zero-order chi connectivity index (χ0) is 13.2. The maximum Gasteiger partial charge on any atom is 0.0542 e. The molecule has 1 atom stereocenters. The largest absolute Gasteiger partial charge is 0.378 e. The van der Waals surface area contributed by atoms with Gasteiger partial charge in [0.15, 0.2) is 0 Å². The highest BCUT2D eigenvalue weighted by molar-refractivity contribution is 9.10. The highest BCUT2D eigenvalue weighted by atomic mass is 79.9. The van der Waals surface area contributed by atoms with Crippen molar-refractivity contribution >= 4 is 33.2 Å². The molecule has 1 aliphatic carbocycles. The fourth-order valence-corrected chi connectivity index (χ4v) is 2.86. The highest BCUT2D eigenvalue weighted by Gasteiger charge is 2.32. The van der Waals surface area contributed by atoms with Crippen LogP contribution in [0.3, 0.4) is 0 Å². The van der Waals surface area contributed by atoms with Crippen LogP contribution in [0.15, 0.2) is 53.0 Å². The SMILES string of the molecule is Clc1ccc(C(Nc2cccc(Br)c2)C2CC2)cc1. The molecule has 2 aromatic rings. The fourth-order valence-electron chi connectivity index (χ4n) is 2.33. The average Bonchev–Trinajstić information content (AvgIpc) is 3.22. The molecule has 19 heavy (non-hydrogen) atoms. The van der Waals surface area contributed by atoms with Crippen LogP contribution in [0.1, 0.15) is 24.4 Å². The van der Waals surface area contributed by atoms with Crippen molar-refractivity contribution in [2.75, 3.05) is 5.32 Å². The first-order valence-corrected chi connectivity index (χ1v) is 7.67. The van der Waals surface area contributed by atoms with Crippen LogP contribution in [0.4, 0.5) is 5.69 Å². The minimum atomic E-state index is 0.381. The number of nitrogens with one attached hydrogen (secondary N) is 1. The van der Waals surface area contributed by atoms with Crippen LogP contribution in [-0.4, -0.2) is 0 Å². The van der Waals surface area contributed by atoms with Crippen molar-refractivity contribution in [3.05, 3.63) is 63.6 Å². The van der Waals surface area contributed by atoms with E-state index in [2.05, 4.69) is 51.6 Å². The van der Waals surface area contributed by atoms with E-state index < -0.39 is 0 Å². The smallest absolute Gasteiger partial charge is 0.0542 e. The second-order valence-corrected chi connectivity index (χ2v) is 6.37. The predicted molar refractivity (Wildman–Crippen MR) is 84.7 cm³/mol. The Morgan fingerprint density at radius 1 is 1.11 bits per heavy atom. The van der Waals surface area contributed by atoms with Crippen LogP contribution in [0.25, 0.3) is 0 Å². The molecular formula is C16H15BrClN. The number of benzene rings is 2. The third kappa shape index (κ3) is 3.31. The van der Waals surface area contributed by atoms with Crippen molar-refractivity contribution in [3.8, 4) is 0 Å². The molecule has 2 aromatic carbocycles. The van der Waals surface area contributed by atoms with Gasteiger partial charge in [-0.25, -0.2) is 0 Å². The zero-order valence-electron chi connectivity index (χ0n) is 10.4. The Morgan fingerprint density at radius 3 is 2.47 bits per heavy atom. The third-order valence-electron chi connectivity index (χ3n) is 3.47. The van der Waals surface area contributed by atoms with E-state index in [9.17, 15) is 0 Å². The van der Waals surface area contributed by atoms with Crippen LogP contribution in [0, 0.1) is 5.92 Å². The molecule has 0 aliphatic heterocycles. The van der Waals surface area contributed by atoms with Crippen LogP contribution >= 0.6 is 27.5 Å². The molecule has 3 heteroatoms. The minimum absolute atomic E-state index is 0.381. The van der Waals surface area contributed by atoms with E-state index in [0.717, 1.165) is 21.1 Å². The first kappa shape index (κ1) is 13.0. The number of rotatable bonds is 4. The number of anilines is 1. The second kappa shape index (κ2) is 5.56. The number of halogens is 2. The molecule has 0 spiro atoms. The minimum Gasteiger partial charge on any atom is -0.378 e. The molecule has 1 fully saturated rings. The molecule has 0 saturated heterocycles. The summed E-state index contributed by atoms with van der Waals surface area (Å²) in [6.45, 7) is 0. The van der Waals surface area contributed by atoms with Crippen LogP contribution < -0.4 is 5.32 Å². The van der Waals surface area contributed by atoms with E-state index in [0.29, 0.717) is 6.04 Å². The van der Waals surface area contributed by atoms with Gasteiger partial charge in [0.05, 0.1) is 6.04 Å². The summed E-state index contributed by atoms with van der Waals surface area (Å²) >= 11 is 9.48. The number of hydrogen-bond donors (Lipinski definition) is 1. The lowest BCUT2D eigenvalue weighted by atomic mass is 10.0. The molecule has 1 saturated carbocycles. The van der Waals surface area contributed by atoms with Gasteiger partial charge in [-0.05, 0) is 54.7 Å². The summed E-state index contributed by atoms with van der Waals surface area (Å²) in [4.78, 5) is 0. The summed E-state index contributed by atoms with van der Waals surface area (Å²) in [6.07, 6.45) is 2.60. The van der Waals surface area contributed by atoms with E-state index >= 15 is 0 Å². The van der Waals surface area contributed by atoms with Gasteiger partial charge in [0.2, 0.25) is 0 Å². The molecule has 98 valence electrons. The lowest BCUT2D eigenvalue weighted by Gasteiger charge is -2.20. The van der Waals surface area contributed by atoms with E-state index in [-0.39, 0.29) is 0 Å². The Bertz CT molecular complexity index is 563. The zero-order valence-corrected chi connectivity index (χ0v) is 12.8. The maximum atomic E-state index is 5.97. The molecule has 0 aromatic heterocycles. The monoisotopic (exact) mass is 335 g/mol. The summed E-state index contributed by atoms with van der Waals surface area (Å²) in [6, 6.07) is 16.9. The quantitative estimate of drug-likeness (QED) is 0.759. The van der Waals surface area contributed by atoms with Gasteiger partial charge in [0.25, 0.3) is 0 Å². The Kier molecular flexibility index (Phi) is 3.81. The molecule has 0 bridgehead atoms. The summed E-state index contributed by atoms with van der Waals surface area (Å²) in [7, 11) is 0. The number of hydrogen-bond acceptors (Lipinski definition) is 1. The molecular weight excluding hydrogens is 322 g/mol. The predicted octanol–water partition coefficient (Wildman–Crippen LogP) is 5.67. The molecule has 0 amide bonds. The topological polar surface area (TPSA) is 12.0 Å². The van der Waals surface area contributed by atoms with Gasteiger partial charge in [0.1, 0.15) is 0 Å². The standard InChI is InChI=1S/C16H15BrClN/c17-13-2-1-3-15(10-13)19-16(11-4-5-11)12-6-8-14(18)9-7-12/h1-3,6-11,16,19H,4-5H2. The fraction of sp³-hybridized carbons (Fsp3) is 0.250. The first-order valence-electron chi connectivity index (χ1n) is 6.50. The molecule has 1 aliphatic rings. The van der Waals surface area contributed by atoms with E-state index in [1.165, 1.54) is 18.4 Å². The average molecular weight is 337 g/mol. The van der Waals surface area contributed by atoms with Gasteiger partial charge in [-0.15, -0.1) is 0 Å². The summed E-state index contributed by atoms with van der Waals surface area (Å²) < 4.78 is 1.10. The molecule has 0 heterocycles. The van der Waals surface area contributed by atoms with Crippen LogP contribution in [0.5, 0.6) is 0 Å². The summed E-state index contributed by atoms with van der Waals surface area (Å²) in [5.41, 5.74) is 2.47. The van der Waals surface area contributed by atoms with Gasteiger partial charge in [0, 0.05) is 15.2 Å². The van der Waals surface area contributed by atoms with Crippen LogP contribution in [0.2, 0.25) is 5.02 Å². The first-order chi connectivity index (χ1) is 9.22.